The van der Waals surface area contributed by atoms with Crippen molar-refractivity contribution in [2.45, 2.75) is 12.5 Å². The van der Waals surface area contributed by atoms with E-state index in [4.69, 9.17) is 4.74 Å². The molecule has 0 aromatic heterocycles. The largest absolute Gasteiger partial charge is 0.371 e. The van der Waals surface area contributed by atoms with Crippen LogP contribution >= 0.6 is 15.9 Å². The highest BCUT2D eigenvalue weighted by atomic mass is 79.9. The average molecular weight is 370 g/mol. The van der Waals surface area contributed by atoms with Crippen LogP contribution in [0.3, 0.4) is 0 Å². The van der Waals surface area contributed by atoms with E-state index in [2.05, 4.69) is 31.5 Å². The van der Waals surface area contributed by atoms with E-state index in [1.807, 2.05) is 24.3 Å². The van der Waals surface area contributed by atoms with Crippen molar-refractivity contribution in [2.24, 2.45) is 0 Å². The van der Waals surface area contributed by atoms with Gasteiger partial charge in [0, 0.05) is 37.6 Å². The lowest BCUT2D eigenvalue weighted by Gasteiger charge is -2.33. The lowest BCUT2D eigenvalue weighted by Crippen LogP contribution is -2.42. The molecule has 1 aromatic carbocycles. The van der Waals surface area contributed by atoms with Gasteiger partial charge in [-0.05, 0) is 17.7 Å². The standard InChI is InChI=1S/C15H20BrN3O3/c1-17-15(21)18-14(20)5-6-19-7-8-22-13(10-19)11-3-2-4-12(16)9-11/h2-4,9,13H,5-8,10H2,1H3,(H2,17,18,20,21)/t13-/m1/s1. The summed E-state index contributed by atoms with van der Waals surface area (Å²) in [6.45, 7) is 2.77. The van der Waals surface area contributed by atoms with E-state index in [0.29, 0.717) is 19.6 Å². The molecule has 0 spiro atoms. The number of amides is 3. The van der Waals surface area contributed by atoms with E-state index in [1.54, 1.807) is 0 Å². The van der Waals surface area contributed by atoms with Crippen molar-refractivity contribution >= 4 is 27.9 Å². The van der Waals surface area contributed by atoms with Crippen LogP contribution in [0.15, 0.2) is 28.7 Å². The predicted octanol–water partition coefficient (Wildman–Crippen LogP) is 1.67. The van der Waals surface area contributed by atoms with Crippen LogP contribution in [0.4, 0.5) is 4.79 Å². The number of ether oxygens (including phenoxy) is 1. The van der Waals surface area contributed by atoms with E-state index < -0.39 is 6.03 Å². The van der Waals surface area contributed by atoms with Gasteiger partial charge in [0.05, 0.1) is 12.7 Å². The van der Waals surface area contributed by atoms with Crippen LogP contribution in [0.2, 0.25) is 0 Å². The molecule has 22 heavy (non-hydrogen) atoms. The first-order valence-corrected chi connectivity index (χ1v) is 7.99. The van der Waals surface area contributed by atoms with Crippen molar-refractivity contribution in [3.8, 4) is 0 Å². The van der Waals surface area contributed by atoms with Gasteiger partial charge in [0.25, 0.3) is 0 Å². The molecule has 120 valence electrons. The Balaban J connectivity index is 1.83. The second kappa shape index (κ2) is 8.26. The normalized spacial score (nSPS) is 18.7. The molecule has 6 nitrogen and oxygen atoms in total. The quantitative estimate of drug-likeness (QED) is 0.846. The van der Waals surface area contributed by atoms with Crippen molar-refractivity contribution < 1.29 is 14.3 Å². The minimum atomic E-state index is -0.473. The summed E-state index contributed by atoms with van der Waals surface area (Å²) in [4.78, 5) is 24.9. The number of hydrogen-bond donors (Lipinski definition) is 2. The highest BCUT2D eigenvalue weighted by Gasteiger charge is 2.22. The molecule has 1 fully saturated rings. The number of hydrogen-bond acceptors (Lipinski definition) is 4. The minimum absolute atomic E-state index is 0.00764. The van der Waals surface area contributed by atoms with E-state index in [0.717, 1.165) is 23.1 Å². The molecule has 1 aliphatic rings. The summed E-state index contributed by atoms with van der Waals surface area (Å²) in [5.41, 5.74) is 1.12. The van der Waals surface area contributed by atoms with E-state index in [9.17, 15) is 9.59 Å². The Hall–Kier alpha value is -1.44. The molecule has 0 saturated carbocycles. The highest BCUT2D eigenvalue weighted by molar-refractivity contribution is 9.10. The number of carbonyl (C=O) groups is 2. The molecule has 1 saturated heterocycles. The second-order valence-corrected chi connectivity index (χ2v) is 6.01. The zero-order chi connectivity index (χ0) is 15.9. The van der Waals surface area contributed by atoms with Crippen molar-refractivity contribution in [1.82, 2.24) is 15.5 Å². The minimum Gasteiger partial charge on any atom is -0.371 e. The van der Waals surface area contributed by atoms with Gasteiger partial charge < -0.3 is 10.1 Å². The first-order chi connectivity index (χ1) is 10.6. The lowest BCUT2D eigenvalue weighted by atomic mass is 10.1. The Labute approximate surface area is 138 Å². The molecule has 3 amide bonds. The first kappa shape index (κ1) is 16.9. The summed E-state index contributed by atoms with van der Waals surface area (Å²) in [7, 11) is 1.48. The lowest BCUT2D eigenvalue weighted by molar-refractivity contribution is -0.120. The van der Waals surface area contributed by atoms with Gasteiger partial charge in [-0.3, -0.25) is 15.0 Å². The molecule has 1 aromatic rings. The predicted molar refractivity (Wildman–Crippen MR) is 86.5 cm³/mol. The summed E-state index contributed by atoms with van der Waals surface area (Å²) in [6, 6.07) is 7.58. The molecule has 0 bridgehead atoms. The fourth-order valence-corrected chi connectivity index (χ4v) is 2.74. The number of carbonyl (C=O) groups excluding carboxylic acids is 2. The second-order valence-electron chi connectivity index (χ2n) is 5.09. The van der Waals surface area contributed by atoms with Crippen molar-refractivity contribution in [1.29, 1.82) is 0 Å². The Morgan fingerprint density at radius 2 is 2.27 bits per heavy atom. The van der Waals surface area contributed by atoms with E-state index >= 15 is 0 Å². The number of rotatable bonds is 4. The van der Waals surface area contributed by atoms with Gasteiger partial charge in [0.15, 0.2) is 0 Å². The van der Waals surface area contributed by atoms with E-state index in [1.165, 1.54) is 7.05 Å². The fourth-order valence-electron chi connectivity index (χ4n) is 2.33. The van der Waals surface area contributed by atoms with Gasteiger partial charge in [-0.1, -0.05) is 28.1 Å². The van der Waals surface area contributed by atoms with Gasteiger partial charge in [0.2, 0.25) is 5.91 Å². The number of nitrogens with zero attached hydrogens (tertiary/aromatic N) is 1. The summed E-state index contributed by atoms with van der Waals surface area (Å²) in [6.07, 6.45) is 0.298. The van der Waals surface area contributed by atoms with Crippen LogP contribution < -0.4 is 10.6 Å². The van der Waals surface area contributed by atoms with Gasteiger partial charge >= 0.3 is 6.03 Å². The Morgan fingerprint density at radius 3 is 3.00 bits per heavy atom. The van der Waals surface area contributed by atoms with Crippen LogP contribution in [0.25, 0.3) is 0 Å². The molecular weight excluding hydrogens is 350 g/mol. The SMILES string of the molecule is CNC(=O)NC(=O)CCN1CCO[C@@H](c2cccc(Br)c2)C1. The van der Waals surface area contributed by atoms with Crippen LogP contribution in [0.1, 0.15) is 18.1 Å². The molecule has 0 aliphatic carbocycles. The number of benzene rings is 1. The summed E-state index contributed by atoms with van der Waals surface area (Å²) in [5.74, 6) is -0.273. The van der Waals surface area contributed by atoms with Crippen molar-refractivity contribution in [3.63, 3.8) is 0 Å². The van der Waals surface area contributed by atoms with Crippen LogP contribution in [0, 0.1) is 0 Å². The molecule has 1 heterocycles. The summed E-state index contributed by atoms with van der Waals surface area (Å²) in [5, 5.41) is 4.63. The monoisotopic (exact) mass is 369 g/mol. The number of nitrogens with one attached hydrogen (secondary N) is 2. The maximum absolute atomic E-state index is 11.6. The van der Waals surface area contributed by atoms with Crippen molar-refractivity contribution in [3.05, 3.63) is 34.3 Å². The van der Waals surface area contributed by atoms with Crippen molar-refractivity contribution in [2.75, 3.05) is 33.3 Å². The zero-order valence-corrected chi connectivity index (χ0v) is 14.1. The smallest absolute Gasteiger partial charge is 0.321 e. The molecule has 1 aliphatic heterocycles. The first-order valence-electron chi connectivity index (χ1n) is 7.19. The van der Waals surface area contributed by atoms with Crippen LogP contribution in [-0.4, -0.2) is 50.1 Å². The Bertz CT molecular complexity index is 539. The van der Waals surface area contributed by atoms with Gasteiger partial charge in [-0.2, -0.15) is 0 Å². The topological polar surface area (TPSA) is 70.7 Å². The molecule has 1 atom stereocenters. The van der Waals surface area contributed by atoms with E-state index in [-0.39, 0.29) is 12.0 Å². The molecule has 0 unspecified atom stereocenters. The Morgan fingerprint density at radius 1 is 1.45 bits per heavy atom. The third kappa shape index (κ3) is 5.08. The van der Waals surface area contributed by atoms with Crippen LogP contribution in [0.5, 0.6) is 0 Å². The average Bonchev–Trinajstić information content (AvgIpc) is 2.53. The fraction of sp³-hybridized carbons (Fsp3) is 0.467. The highest BCUT2D eigenvalue weighted by Crippen LogP contribution is 2.24. The van der Waals surface area contributed by atoms with Crippen LogP contribution in [-0.2, 0) is 9.53 Å². The molecule has 2 N–H and O–H groups in total. The number of urea groups is 1. The van der Waals surface area contributed by atoms with Gasteiger partial charge in [0.1, 0.15) is 0 Å². The summed E-state index contributed by atoms with van der Waals surface area (Å²) >= 11 is 3.46. The third-order valence-corrected chi connectivity index (χ3v) is 4.00. The number of imide groups is 1. The maximum Gasteiger partial charge on any atom is 0.321 e. The molecule has 7 heteroatoms. The molecular formula is C15H20BrN3O3. The third-order valence-electron chi connectivity index (χ3n) is 3.51. The maximum atomic E-state index is 11.6. The molecule has 2 rings (SSSR count). The summed E-state index contributed by atoms with van der Waals surface area (Å²) < 4.78 is 6.83. The number of halogens is 1. The Kier molecular flexibility index (Phi) is 6.35. The van der Waals surface area contributed by atoms with Gasteiger partial charge in [-0.15, -0.1) is 0 Å². The van der Waals surface area contributed by atoms with Gasteiger partial charge in [-0.25, -0.2) is 4.79 Å². The number of morpholine rings is 1. The zero-order valence-electron chi connectivity index (χ0n) is 12.5. The molecule has 0 radical (unpaired) electrons.